The van der Waals surface area contributed by atoms with E-state index in [0.29, 0.717) is 11.4 Å². The molecule has 0 amide bonds. The van der Waals surface area contributed by atoms with E-state index < -0.39 is 21.5 Å². The molecule has 1 aromatic carbocycles. The molecule has 2 N–H and O–H groups in total. The van der Waals surface area contributed by atoms with Crippen LogP contribution in [0.4, 0.5) is 0 Å². The van der Waals surface area contributed by atoms with Crippen LogP contribution >= 0.6 is 23.2 Å². The Hall–Kier alpha value is -0.330. The molecule has 0 aliphatic heterocycles. The van der Waals surface area contributed by atoms with Gasteiger partial charge in [0.05, 0.1) is 11.1 Å². The van der Waals surface area contributed by atoms with Gasteiger partial charge in [-0.3, -0.25) is 0 Å². The van der Waals surface area contributed by atoms with E-state index in [4.69, 9.17) is 23.2 Å². The Balaban J connectivity index is 2.27. The Bertz CT molecular complexity index is 601. The van der Waals surface area contributed by atoms with Crippen molar-refractivity contribution in [3.8, 4) is 0 Å². The van der Waals surface area contributed by atoms with Gasteiger partial charge >= 0.3 is 0 Å². The van der Waals surface area contributed by atoms with Crippen LogP contribution in [-0.4, -0.2) is 25.7 Å². The Morgan fingerprint density at radius 2 is 2.00 bits per heavy atom. The Kier molecular flexibility index (Phi) is 3.88. The first-order valence-corrected chi connectivity index (χ1v) is 8.04. The van der Waals surface area contributed by atoms with Crippen LogP contribution in [0.1, 0.15) is 20.3 Å². The molecule has 1 aliphatic rings. The molecule has 0 radical (unpaired) electrons. The van der Waals surface area contributed by atoms with Crippen molar-refractivity contribution in [2.24, 2.45) is 5.41 Å². The second-order valence-corrected chi connectivity index (χ2v) is 7.85. The third-order valence-electron chi connectivity index (χ3n) is 3.70. The van der Waals surface area contributed by atoms with Gasteiger partial charge in [-0.05, 0) is 24.6 Å². The van der Waals surface area contributed by atoms with E-state index >= 15 is 0 Å². The summed E-state index contributed by atoms with van der Waals surface area (Å²) < 4.78 is 27.1. The standard InChI is InChI=1S/C12H15Cl2NO3S/c1-12(2)10(6-11(12)16)15-19(17,18)9-5-7(13)3-4-8(9)14/h3-5,10-11,15-16H,6H2,1-2H3. The van der Waals surface area contributed by atoms with E-state index in [2.05, 4.69) is 4.72 Å². The molecule has 2 atom stereocenters. The average molecular weight is 324 g/mol. The summed E-state index contributed by atoms with van der Waals surface area (Å²) in [5.74, 6) is 0. The Labute approximate surface area is 122 Å². The predicted octanol–water partition coefficient (Wildman–Crippen LogP) is 2.43. The van der Waals surface area contributed by atoms with Gasteiger partial charge < -0.3 is 5.11 Å². The number of halogens is 2. The molecule has 1 aliphatic carbocycles. The second kappa shape index (κ2) is 4.90. The van der Waals surface area contributed by atoms with Crippen molar-refractivity contribution in [3.05, 3.63) is 28.2 Å². The third-order valence-corrected chi connectivity index (χ3v) is 5.88. The average Bonchev–Trinajstić information content (AvgIpc) is 2.31. The van der Waals surface area contributed by atoms with E-state index in [1.165, 1.54) is 18.2 Å². The maximum absolute atomic E-state index is 12.3. The lowest BCUT2D eigenvalue weighted by molar-refractivity contribution is -0.0645. The van der Waals surface area contributed by atoms with Crippen molar-refractivity contribution in [1.82, 2.24) is 4.72 Å². The highest BCUT2D eigenvalue weighted by Crippen LogP contribution is 2.41. The largest absolute Gasteiger partial charge is 0.392 e. The Morgan fingerprint density at radius 1 is 1.37 bits per heavy atom. The van der Waals surface area contributed by atoms with Gasteiger partial charge in [-0.2, -0.15) is 0 Å². The molecule has 19 heavy (non-hydrogen) atoms. The summed E-state index contributed by atoms with van der Waals surface area (Å²) in [6, 6.07) is 3.97. The molecule has 106 valence electrons. The molecule has 1 saturated carbocycles. The van der Waals surface area contributed by atoms with E-state index in [-0.39, 0.29) is 16.0 Å². The maximum atomic E-state index is 12.3. The highest BCUT2D eigenvalue weighted by Gasteiger charge is 2.49. The first-order chi connectivity index (χ1) is 8.64. The van der Waals surface area contributed by atoms with E-state index in [9.17, 15) is 13.5 Å². The van der Waals surface area contributed by atoms with Crippen LogP contribution in [-0.2, 0) is 10.0 Å². The van der Waals surface area contributed by atoms with Gasteiger partial charge in [0.2, 0.25) is 10.0 Å². The minimum absolute atomic E-state index is 0.0427. The zero-order valence-electron chi connectivity index (χ0n) is 10.5. The van der Waals surface area contributed by atoms with Crippen molar-refractivity contribution < 1.29 is 13.5 Å². The summed E-state index contributed by atoms with van der Waals surface area (Å²) in [6.45, 7) is 3.63. The van der Waals surface area contributed by atoms with Crippen molar-refractivity contribution >= 4 is 33.2 Å². The first kappa shape index (κ1) is 15.1. The summed E-state index contributed by atoms with van der Waals surface area (Å²) >= 11 is 11.7. The molecular weight excluding hydrogens is 309 g/mol. The normalized spacial score (nSPS) is 25.9. The summed E-state index contributed by atoms with van der Waals surface area (Å²) in [4.78, 5) is -0.0427. The molecule has 0 spiro atoms. The number of sulfonamides is 1. The van der Waals surface area contributed by atoms with Crippen LogP contribution < -0.4 is 4.72 Å². The molecule has 2 unspecified atom stereocenters. The molecule has 0 heterocycles. The van der Waals surface area contributed by atoms with Gasteiger partial charge in [0.25, 0.3) is 0 Å². The van der Waals surface area contributed by atoms with Gasteiger partial charge in [-0.15, -0.1) is 0 Å². The number of nitrogens with one attached hydrogen (secondary N) is 1. The van der Waals surface area contributed by atoms with E-state index in [0.717, 1.165) is 0 Å². The van der Waals surface area contributed by atoms with Crippen LogP contribution in [0.2, 0.25) is 10.0 Å². The Morgan fingerprint density at radius 3 is 2.53 bits per heavy atom. The molecule has 7 heteroatoms. The van der Waals surface area contributed by atoms with Gasteiger partial charge in [0.1, 0.15) is 4.90 Å². The number of aliphatic hydroxyl groups excluding tert-OH is 1. The fourth-order valence-corrected chi connectivity index (χ4v) is 4.20. The summed E-state index contributed by atoms with van der Waals surface area (Å²) in [5.41, 5.74) is -0.488. The minimum Gasteiger partial charge on any atom is -0.392 e. The van der Waals surface area contributed by atoms with Crippen LogP contribution in [0.3, 0.4) is 0 Å². The number of aliphatic hydroxyl groups is 1. The zero-order chi connectivity index (χ0) is 14.4. The number of rotatable bonds is 3. The zero-order valence-corrected chi connectivity index (χ0v) is 12.9. The SMILES string of the molecule is CC1(C)C(O)CC1NS(=O)(=O)c1cc(Cl)ccc1Cl. The lowest BCUT2D eigenvalue weighted by Crippen LogP contribution is -2.61. The van der Waals surface area contributed by atoms with Gasteiger partial charge in [0.15, 0.2) is 0 Å². The van der Waals surface area contributed by atoms with Gasteiger partial charge in [-0.1, -0.05) is 37.0 Å². The molecule has 2 rings (SSSR count). The van der Waals surface area contributed by atoms with Gasteiger partial charge in [-0.25, -0.2) is 13.1 Å². The molecule has 0 bridgehead atoms. The lowest BCUT2D eigenvalue weighted by Gasteiger charge is -2.49. The number of hydrogen-bond acceptors (Lipinski definition) is 3. The van der Waals surface area contributed by atoms with Crippen LogP contribution in [0.25, 0.3) is 0 Å². The van der Waals surface area contributed by atoms with E-state index in [1.807, 2.05) is 13.8 Å². The molecule has 1 aromatic rings. The van der Waals surface area contributed by atoms with Crippen LogP contribution in [0.15, 0.2) is 23.1 Å². The summed E-state index contributed by atoms with van der Waals surface area (Å²) in [6.07, 6.45) is -0.111. The van der Waals surface area contributed by atoms with Crippen molar-refractivity contribution in [3.63, 3.8) is 0 Å². The van der Waals surface area contributed by atoms with E-state index in [1.54, 1.807) is 0 Å². The fourth-order valence-electron chi connectivity index (χ4n) is 2.04. The first-order valence-electron chi connectivity index (χ1n) is 5.80. The number of hydrogen-bond donors (Lipinski definition) is 2. The summed E-state index contributed by atoms with van der Waals surface area (Å²) in [5, 5.41) is 10.1. The van der Waals surface area contributed by atoms with Crippen molar-refractivity contribution in [2.75, 3.05) is 0 Å². The number of benzene rings is 1. The van der Waals surface area contributed by atoms with Crippen LogP contribution in [0.5, 0.6) is 0 Å². The van der Waals surface area contributed by atoms with Crippen molar-refractivity contribution in [1.29, 1.82) is 0 Å². The monoisotopic (exact) mass is 323 g/mol. The molecule has 1 fully saturated rings. The molecular formula is C12H15Cl2NO3S. The third kappa shape index (κ3) is 2.76. The fraction of sp³-hybridized carbons (Fsp3) is 0.500. The van der Waals surface area contributed by atoms with Crippen LogP contribution in [0, 0.1) is 5.41 Å². The molecule has 0 aromatic heterocycles. The maximum Gasteiger partial charge on any atom is 0.242 e. The highest BCUT2D eigenvalue weighted by atomic mass is 35.5. The second-order valence-electron chi connectivity index (χ2n) is 5.32. The quantitative estimate of drug-likeness (QED) is 0.897. The molecule has 0 saturated heterocycles. The predicted molar refractivity (Wildman–Crippen MR) is 75.0 cm³/mol. The lowest BCUT2D eigenvalue weighted by atomic mass is 9.65. The highest BCUT2D eigenvalue weighted by molar-refractivity contribution is 7.89. The topological polar surface area (TPSA) is 66.4 Å². The van der Waals surface area contributed by atoms with Gasteiger partial charge in [0, 0.05) is 16.5 Å². The summed E-state index contributed by atoms with van der Waals surface area (Å²) in [7, 11) is -3.75. The smallest absolute Gasteiger partial charge is 0.242 e. The molecule has 4 nitrogen and oxygen atoms in total. The minimum atomic E-state index is -3.75. The van der Waals surface area contributed by atoms with Crippen molar-refractivity contribution in [2.45, 2.75) is 37.3 Å².